The van der Waals surface area contributed by atoms with Crippen LogP contribution in [0.15, 0.2) is 40.9 Å². The molecule has 138 valence electrons. The lowest BCUT2D eigenvalue weighted by molar-refractivity contribution is 0.0586. The minimum atomic E-state index is -0.667. The average Bonchev–Trinajstić information content (AvgIpc) is 3.46. The molecule has 0 N–H and O–H groups in total. The summed E-state index contributed by atoms with van der Waals surface area (Å²) in [7, 11) is 2.46. The third-order valence-corrected chi connectivity index (χ3v) is 4.28. The van der Waals surface area contributed by atoms with Gasteiger partial charge in [0.1, 0.15) is 11.6 Å². The summed E-state index contributed by atoms with van der Waals surface area (Å²) in [5.74, 6) is -1.86. The molecule has 1 saturated carbocycles. The quantitative estimate of drug-likeness (QED) is 0.657. The smallest absolute Gasteiger partial charge is 0.340 e. The van der Waals surface area contributed by atoms with Gasteiger partial charge in [-0.3, -0.25) is 0 Å². The number of halogens is 3. The fourth-order valence-electron chi connectivity index (χ4n) is 2.24. The van der Waals surface area contributed by atoms with Crippen LogP contribution >= 0.6 is 15.9 Å². The number of rotatable bonds is 3. The Balaban J connectivity index is 0.000000190. The monoisotopic (exact) mass is 426 g/mol. The number of esters is 2. The summed E-state index contributed by atoms with van der Waals surface area (Å²) in [5.41, 5.74) is 0.938. The van der Waals surface area contributed by atoms with Crippen LogP contribution in [0, 0.1) is 11.6 Å². The van der Waals surface area contributed by atoms with Crippen molar-refractivity contribution in [2.24, 2.45) is 0 Å². The molecule has 0 radical (unpaired) electrons. The van der Waals surface area contributed by atoms with E-state index in [1.807, 2.05) is 0 Å². The van der Waals surface area contributed by atoms with Gasteiger partial charge in [-0.2, -0.15) is 0 Å². The van der Waals surface area contributed by atoms with Gasteiger partial charge < -0.3 is 9.47 Å². The van der Waals surface area contributed by atoms with E-state index in [1.54, 1.807) is 12.1 Å². The first-order chi connectivity index (χ1) is 12.4. The molecule has 2 aromatic carbocycles. The Hall–Kier alpha value is -2.28. The molecular formula is C19H17BrF2O4. The van der Waals surface area contributed by atoms with Crippen LogP contribution in [-0.2, 0) is 9.47 Å². The fourth-order valence-corrected chi connectivity index (χ4v) is 2.58. The Kier molecular flexibility index (Phi) is 6.85. The predicted molar refractivity (Wildman–Crippen MR) is 95.2 cm³/mol. The first kappa shape index (κ1) is 20.0. The molecule has 0 aromatic heterocycles. The summed E-state index contributed by atoms with van der Waals surface area (Å²) >= 11 is 3.08. The number of benzene rings is 2. The molecule has 0 saturated heterocycles. The largest absolute Gasteiger partial charge is 0.465 e. The minimum Gasteiger partial charge on any atom is -0.465 e. The molecular weight excluding hydrogens is 410 g/mol. The highest BCUT2D eigenvalue weighted by atomic mass is 79.9. The molecule has 0 atom stereocenters. The molecule has 1 aliphatic carbocycles. The lowest BCUT2D eigenvalue weighted by Crippen LogP contribution is -2.04. The second kappa shape index (κ2) is 8.89. The predicted octanol–water partition coefficient (Wildman–Crippen LogP) is 4.86. The lowest BCUT2D eigenvalue weighted by Gasteiger charge is -2.03. The maximum atomic E-state index is 13.4. The molecule has 2 aromatic rings. The Labute approximate surface area is 158 Å². The van der Waals surface area contributed by atoms with Crippen molar-refractivity contribution in [2.75, 3.05) is 14.2 Å². The second-order valence-electron chi connectivity index (χ2n) is 5.62. The molecule has 0 heterocycles. The van der Waals surface area contributed by atoms with Crippen molar-refractivity contribution in [1.29, 1.82) is 0 Å². The molecule has 26 heavy (non-hydrogen) atoms. The Morgan fingerprint density at radius 2 is 1.42 bits per heavy atom. The summed E-state index contributed by atoms with van der Waals surface area (Å²) < 4.78 is 35.7. The van der Waals surface area contributed by atoms with Crippen molar-refractivity contribution >= 4 is 27.9 Å². The van der Waals surface area contributed by atoms with Crippen molar-refractivity contribution < 1.29 is 27.8 Å². The normalized spacial score (nSPS) is 12.7. The summed E-state index contributed by atoms with van der Waals surface area (Å²) in [4.78, 5) is 21.9. The fraction of sp³-hybridized carbons (Fsp3) is 0.263. The van der Waals surface area contributed by atoms with Gasteiger partial charge in [0.25, 0.3) is 0 Å². The van der Waals surface area contributed by atoms with Crippen LogP contribution in [-0.4, -0.2) is 26.2 Å². The van der Waals surface area contributed by atoms with Crippen molar-refractivity contribution in [3.8, 4) is 0 Å². The van der Waals surface area contributed by atoms with Crippen LogP contribution in [0.5, 0.6) is 0 Å². The van der Waals surface area contributed by atoms with Gasteiger partial charge in [-0.05, 0) is 54.7 Å². The highest BCUT2D eigenvalue weighted by molar-refractivity contribution is 9.10. The molecule has 0 aliphatic heterocycles. The van der Waals surface area contributed by atoms with Crippen LogP contribution in [0.3, 0.4) is 0 Å². The highest BCUT2D eigenvalue weighted by Crippen LogP contribution is 2.40. The Morgan fingerprint density at radius 1 is 0.923 bits per heavy atom. The Morgan fingerprint density at radius 3 is 1.85 bits per heavy atom. The topological polar surface area (TPSA) is 52.6 Å². The van der Waals surface area contributed by atoms with Crippen LogP contribution in [0.1, 0.15) is 45.0 Å². The maximum Gasteiger partial charge on any atom is 0.340 e. The molecule has 7 heteroatoms. The van der Waals surface area contributed by atoms with Crippen molar-refractivity contribution in [3.63, 3.8) is 0 Å². The third kappa shape index (κ3) is 5.11. The number of methoxy groups -OCH3 is 2. The van der Waals surface area contributed by atoms with Crippen molar-refractivity contribution in [1.82, 2.24) is 0 Å². The summed E-state index contributed by atoms with van der Waals surface area (Å²) in [6.45, 7) is 0. The van der Waals surface area contributed by atoms with E-state index in [9.17, 15) is 18.4 Å². The average molecular weight is 427 g/mol. The molecule has 1 aliphatic rings. The van der Waals surface area contributed by atoms with E-state index in [0.29, 0.717) is 10.4 Å². The molecule has 4 nitrogen and oxygen atoms in total. The minimum absolute atomic E-state index is 0.0110. The summed E-state index contributed by atoms with van der Waals surface area (Å²) in [6, 6.07) is 8.89. The number of hydrogen-bond acceptors (Lipinski definition) is 4. The van der Waals surface area contributed by atoms with Crippen LogP contribution in [0.25, 0.3) is 0 Å². The first-order valence-electron chi connectivity index (χ1n) is 7.78. The van der Waals surface area contributed by atoms with Gasteiger partial charge in [0.2, 0.25) is 0 Å². The van der Waals surface area contributed by atoms with E-state index in [2.05, 4.69) is 25.4 Å². The number of hydrogen-bond donors (Lipinski definition) is 0. The van der Waals surface area contributed by atoms with Crippen LogP contribution < -0.4 is 0 Å². The van der Waals surface area contributed by atoms with Gasteiger partial charge in [-0.1, -0.05) is 22.0 Å². The van der Waals surface area contributed by atoms with E-state index in [1.165, 1.54) is 38.5 Å². The summed E-state index contributed by atoms with van der Waals surface area (Å²) in [6.07, 6.45) is 2.24. The number of carbonyl (C=O) groups is 2. The molecule has 0 amide bonds. The maximum absolute atomic E-state index is 13.4. The SMILES string of the molecule is COC(=O)c1ccc(Br)cc1F.COC(=O)c1ccc(C2CC2)cc1F. The molecule has 0 bridgehead atoms. The van der Waals surface area contributed by atoms with Crippen LogP contribution in [0.4, 0.5) is 8.78 Å². The molecule has 3 rings (SSSR count). The van der Waals surface area contributed by atoms with Gasteiger partial charge in [-0.15, -0.1) is 0 Å². The standard InChI is InChI=1S/C11H11FO2.C8H6BrFO2/c1-14-11(13)9-5-4-8(6-10(9)12)7-2-3-7;1-12-8(11)6-3-2-5(9)4-7(6)10/h4-7H,2-3H2,1H3;2-4H,1H3. The van der Waals surface area contributed by atoms with Crippen molar-refractivity contribution in [2.45, 2.75) is 18.8 Å². The number of carbonyl (C=O) groups excluding carboxylic acids is 2. The van der Waals surface area contributed by atoms with E-state index in [-0.39, 0.29) is 11.1 Å². The van der Waals surface area contributed by atoms with Gasteiger partial charge in [0, 0.05) is 4.47 Å². The lowest BCUT2D eigenvalue weighted by atomic mass is 10.1. The van der Waals surface area contributed by atoms with Gasteiger partial charge in [0.15, 0.2) is 0 Å². The van der Waals surface area contributed by atoms with E-state index in [0.717, 1.165) is 18.4 Å². The molecule has 1 fully saturated rings. The van der Waals surface area contributed by atoms with Crippen LogP contribution in [0.2, 0.25) is 0 Å². The van der Waals surface area contributed by atoms with Gasteiger partial charge in [-0.25, -0.2) is 18.4 Å². The first-order valence-corrected chi connectivity index (χ1v) is 8.57. The number of ether oxygens (including phenoxy) is 2. The Bertz CT molecular complexity index is 819. The third-order valence-electron chi connectivity index (χ3n) is 3.78. The van der Waals surface area contributed by atoms with E-state index < -0.39 is 23.6 Å². The zero-order valence-corrected chi connectivity index (χ0v) is 15.8. The second-order valence-corrected chi connectivity index (χ2v) is 6.54. The summed E-state index contributed by atoms with van der Waals surface area (Å²) in [5, 5.41) is 0. The van der Waals surface area contributed by atoms with Crippen molar-refractivity contribution in [3.05, 3.63) is 69.2 Å². The molecule has 0 unspecified atom stereocenters. The zero-order valence-electron chi connectivity index (χ0n) is 14.2. The van der Waals surface area contributed by atoms with Gasteiger partial charge >= 0.3 is 11.9 Å². The molecule has 0 spiro atoms. The zero-order chi connectivity index (χ0) is 19.3. The van der Waals surface area contributed by atoms with E-state index >= 15 is 0 Å². The van der Waals surface area contributed by atoms with Gasteiger partial charge in [0.05, 0.1) is 25.3 Å². The van der Waals surface area contributed by atoms with E-state index in [4.69, 9.17) is 0 Å². The highest BCUT2D eigenvalue weighted by Gasteiger charge is 2.25.